The van der Waals surface area contributed by atoms with E-state index in [9.17, 15) is 4.79 Å². The number of carbonyl (C=O) groups is 1. The summed E-state index contributed by atoms with van der Waals surface area (Å²) in [6, 6.07) is 9.89. The molecule has 0 spiro atoms. The molecule has 0 heterocycles. The van der Waals surface area contributed by atoms with Gasteiger partial charge in [-0.15, -0.1) is 12.4 Å². The summed E-state index contributed by atoms with van der Waals surface area (Å²) in [5.74, 6) is -0.0263. The molecule has 0 aliphatic carbocycles. The Bertz CT molecular complexity index is 363. The van der Waals surface area contributed by atoms with Crippen molar-refractivity contribution in [3.05, 3.63) is 35.9 Å². The maximum atomic E-state index is 11.5. The first kappa shape index (κ1) is 17.9. The summed E-state index contributed by atoms with van der Waals surface area (Å²) in [4.78, 5) is 11.5. The van der Waals surface area contributed by atoms with E-state index in [2.05, 4.69) is 5.32 Å². The summed E-state index contributed by atoms with van der Waals surface area (Å²) in [6.07, 6.45) is 0.364. The van der Waals surface area contributed by atoms with Crippen molar-refractivity contribution in [3.63, 3.8) is 0 Å². The van der Waals surface area contributed by atoms with E-state index >= 15 is 0 Å². The molecule has 0 saturated heterocycles. The van der Waals surface area contributed by atoms with E-state index in [0.717, 1.165) is 5.56 Å². The first-order valence-corrected chi connectivity index (χ1v) is 6.15. The minimum absolute atomic E-state index is 0. The number of rotatable bonds is 7. The molecule has 0 atom stereocenters. The molecule has 108 valence electrons. The Balaban J connectivity index is 0.00000324. The molecule has 0 saturated carbocycles. The Kier molecular flexibility index (Phi) is 8.39. The van der Waals surface area contributed by atoms with Crippen LogP contribution in [-0.2, 0) is 16.1 Å². The van der Waals surface area contributed by atoms with Crippen LogP contribution >= 0.6 is 12.4 Å². The number of carbonyl (C=O) groups excluding carboxylic acids is 1. The lowest BCUT2D eigenvalue weighted by Crippen LogP contribution is -2.45. The molecule has 1 amide bonds. The van der Waals surface area contributed by atoms with Gasteiger partial charge >= 0.3 is 0 Å². The molecule has 19 heavy (non-hydrogen) atoms. The highest BCUT2D eigenvalue weighted by Gasteiger charge is 2.11. The van der Waals surface area contributed by atoms with Crippen molar-refractivity contribution >= 4 is 18.3 Å². The van der Waals surface area contributed by atoms with Crippen molar-refractivity contribution in [1.29, 1.82) is 0 Å². The molecular weight excluding hydrogens is 264 g/mol. The summed E-state index contributed by atoms with van der Waals surface area (Å²) in [5.41, 5.74) is 6.51. The van der Waals surface area contributed by atoms with Crippen molar-refractivity contribution in [2.24, 2.45) is 5.73 Å². The van der Waals surface area contributed by atoms with Crippen LogP contribution in [0.5, 0.6) is 0 Å². The molecule has 1 rings (SSSR count). The molecule has 3 N–H and O–H groups in total. The fourth-order valence-corrected chi connectivity index (χ4v) is 1.34. The van der Waals surface area contributed by atoms with Crippen molar-refractivity contribution in [2.75, 3.05) is 13.2 Å². The molecule has 0 radical (unpaired) electrons. The number of halogens is 1. The van der Waals surface area contributed by atoms with Gasteiger partial charge < -0.3 is 15.8 Å². The lowest BCUT2D eigenvalue weighted by Gasteiger charge is -2.18. The third kappa shape index (κ3) is 9.47. The van der Waals surface area contributed by atoms with Crippen molar-refractivity contribution in [2.45, 2.75) is 32.4 Å². The van der Waals surface area contributed by atoms with Gasteiger partial charge in [-0.2, -0.15) is 0 Å². The Labute approximate surface area is 121 Å². The highest BCUT2D eigenvalue weighted by molar-refractivity contribution is 5.85. The van der Waals surface area contributed by atoms with Gasteiger partial charge in [0.25, 0.3) is 0 Å². The number of amides is 1. The molecule has 0 aliphatic heterocycles. The zero-order valence-corrected chi connectivity index (χ0v) is 12.3. The number of hydrogen-bond donors (Lipinski definition) is 2. The predicted octanol–water partition coefficient (Wildman–Crippen LogP) is 1.87. The summed E-state index contributed by atoms with van der Waals surface area (Å²) in [6.45, 7) is 5.19. The SMILES string of the molecule is CC(C)(N)CNC(=O)CCOCc1ccccc1.Cl. The Hall–Kier alpha value is -1.10. The maximum Gasteiger partial charge on any atom is 0.222 e. The number of benzene rings is 1. The zero-order chi connectivity index (χ0) is 13.4. The molecule has 1 aromatic rings. The van der Waals surface area contributed by atoms with Gasteiger partial charge in [0.05, 0.1) is 13.2 Å². The highest BCUT2D eigenvalue weighted by Crippen LogP contribution is 2.00. The average molecular weight is 287 g/mol. The third-order valence-electron chi connectivity index (χ3n) is 2.33. The van der Waals surface area contributed by atoms with Crippen LogP contribution in [0.3, 0.4) is 0 Å². The van der Waals surface area contributed by atoms with Crippen LogP contribution in [0.2, 0.25) is 0 Å². The lowest BCUT2D eigenvalue weighted by atomic mass is 10.1. The minimum Gasteiger partial charge on any atom is -0.376 e. The lowest BCUT2D eigenvalue weighted by molar-refractivity contribution is -0.122. The van der Waals surface area contributed by atoms with Crippen LogP contribution in [0.25, 0.3) is 0 Å². The Morgan fingerprint density at radius 3 is 2.53 bits per heavy atom. The van der Waals surface area contributed by atoms with E-state index in [4.69, 9.17) is 10.5 Å². The van der Waals surface area contributed by atoms with Crippen LogP contribution in [0.4, 0.5) is 0 Å². The van der Waals surface area contributed by atoms with Crippen molar-refractivity contribution < 1.29 is 9.53 Å². The fraction of sp³-hybridized carbons (Fsp3) is 0.500. The summed E-state index contributed by atoms with van der Waals surface area (Å²) >= 11 is 0. The molecule has 0 unspecified atom stereocenters. The van der Waals surface area contributed by atoms with E-state index in [1.165, 1.54) is 0 Å². The van der Waals surface area contributed by atoms with Crippen LogP contribution in [0.15, 0.2) is 30.3 Å². The monoisotopic (exact) mass is 286 g/mol. The molecule has 4 nitrogen and oxygen atoms in total. The van der Waals surface area contributed by atoms with Gasteiger partial charge in [-0.3, -0.25) is 4.79 Å². The van der Waals surface area contributed by atoms with Gasteiger partial charge in [0, 0.05) is 18.5 Å². The maximum absolute atomic E-state index is 11.5. The number of nitrogens with one attached hydrogen (secondary N) is 1. The Morgan fingerprint density at radius 2 is 1.95 bits per heavy atom. The summed E-state index contributed by atoms with van der Waals surface area (Å²) in [7, 11) is 0. The first-order chi connectivity index (χ1) is 8.47. The molecular formula is C14H23ClN2O2. The topological polar surface area (TPSA) is 64.3 Å². The van der Waals surface area contributed by atoms with Gasteiger partial charge in [0.2, 0.25) is 5.91 Å². The van der Waals surface area contributed by atoms with Gasteiger partial charge in [0.1, 0.15) is 0 Å². The van der Waals surface area contributed by atoms with Crippen LogP contribution < -0.4 is 11.1 Å². The molecule has 5 heteroatoms. The van der Waals surface area contributed by atoms with E-state index in [1.54, 1.807) is 0 Å². The normalized spacial score (nSPS) is 10.7. The van der Waals surface area contributed by atoms with Crippen LogP contribution in [0.1, 0.15) is 25.8 Å². The van der Waals surface area contributed by atoms with Crippen molar-refractivity contribution in [3.8, 4) is 0 Å². The number of nitrogens with two attached hydrogens (primary N) is 1. The molecule has 0 bridgehead atoms. The fourth-order valence-electron chi connectivity index (χ4n) is 1.34. The molecule has 1 aromatic carbocycles. The van der Waals surface area contributed by atoms with E-state index < -0.39 is 0 Å². The predicted molar refractivity (Wildman–Crippen MR) is 79.2 cm³/mol. The second kappa shape index (κ2) is 8.91. The van der Waals surface area contributed by atoms with Gasteiger partial charge in [-0.1, -0.05) is 30.3 Å². The van der Waals surface area contributed by atoms with E-state index in [-0.39, 0.29) is 23.9 Å². The van der Waals surface area contributed by atoms with Crippen molar-refractivity contribution in [1.82, 2.24) is 5.32 Å². The summed E-state index contributed by atoms with van der Waals surface area (Å²) < 4.78 is 5.43. The standard InChI is InChI=1S/C14H22N2O2.ClH/c1-14(2,15)11-16-13(17)8-9-18-10-12-6-4-3-5-7-12;/h3-7H,8-11,15H2,1-2H3,(H,16,17);1H. The van der Waals surface area contributed by atoms with E-state index in [1.807, 2.05) is 44.2 Å². The second-order valence-corrected chi connectivity index (χ2v) is 5.05. The zero-order valence-electron chi connectivity index (χ0n) is 11.5. The first-order valence-electron chi connectivity index (χ1n) is 6.15. The van der Waals surface area contributed by atoms with E-state index in [0.29, 0.717) is 26.2 Å². The summed E-state index contributed by atoms with van der Waals surface area (Å²) in [5, 5.41) is 2.78. The molecule has 0 fully saturated rings. The molecule has 0 aromatic heterocycles. The highest BCUT2D eigenvalue weighted by atomic mass is 35.5. The van der Waals surface area contributed by atoms with Gasteiger partial charge in [0.15, 0.2) is 0 Å². The Morgan fingerprint density at radius 1 is 1.32 bits per heavy atom. The largest absolute Gasteiger partial charge is 0.376 e. The number of ether oxygens (including phenoxy) is 1. The second-order valence-electron chi connectivity index (χ2n) is 5.05. The quantitative estimate of drug-likeness (QED) is 0.752. The van der Waals surface area contributed by atoms with Crippen LogP contribution in [0, 0.1) is 0 Å². The van der Waals surface area contributed by atoms with Gasteiger partial charge in [-0.25, -0.2) is 0 Å². The number of hydrogen-bond acceptors (Lipinski definition) is 3. The van der Waals surface area contributed by atoms with Crippen LogP contribution in [-0.4, -0.2) is 24.6 Å². The smallest absolute Gasteiger partial charge is 0.222 e. The van der Waals surface area contributed by atoms with Gasteiger partial charge in [-0.05, 0) is 19.4 Å². The molecule has 0 aliphatic rings. The average Bonchev–Trinajstić information content (AvgIpc) is 2.33. The minimum atomic E-state index is -0.374. The third-order valence-corrected chi connectivity index (χ3v) is 2.33.